The fraction of sp³-hybridized carbons (Fsp3) is 0.462. The number of benzene rings is 1. The quantitative estimate of drug-likeness (QED) is 0.827. The largest absolute Gasteiger partial charge is 0.478 e. The van der Waals surface area contributed by atoms with Crippen molar-refractivity contribution >= 4 is 16.2 Å². The van der Waals surface area contributed by atoms with Gasteiger partial charge in [0.25, 0.3) is 10.2 Å². The summed E-state index contributed by atoms with van der Waals surface area (Å²) in [7, 11) is -0.641. The van der Waals surface area contributed by atoms with Crippen molar-refractivity contribution in [2.24, 2.45) is 0 Å². The standard InChI is InChI=1S/C13H18N2O5S/c1-14(6-7-20-2)21(18,19)15-8-10-4-3-5-11(13(16)17)12(10)9-15/h3-5H,6-9H2,1-2H3,(H,16,17). The molecule has 1 N–H and O–H groups in total. The van der Waals surface area contributed by atoms with Crippen LogP contribution in [0.3, 0.4) is 0 Å². The molecule has 0 radical (unpaired) electrons. The molecule has 116 valence electrons. The Balaban J connectivity index is 2.23. The topological polar surface area (TPSA) is 87.2 Å². The van der Waals surface area contributed by atoms with E-state index in [1.165, 1.54) is 28.8 Å². The Hall–Kier alpha value is -1.48. The van der Waals surface area contributed by atoms with E-state index in [4.69, 9.17) is 9.84 Å². The molecule has 0 fully saturated rings. The maximum atomic E-state index is 12.4. The van der Waals surface area contributed by atoms with Crippen molar-refractivity contribution < 1.29 is 23.1 Å². The van der Waals surface area contributed by atoms with Crippen molar-refractivity contribution in [3.05, 3.63) is 34.9 Å². The number of carboxylic acid groups (broad SMARTS) is 1. The molecule has 1 heterocycles. The lowest BCUT2D eigenvalue weighted by molar-refractivity contribution is 0.0695. The van der Waals surface area contributed by atoms with Gasteiger partial charge in [0, 0.05) is 33.8 Å². The van der Waals surface area contributed by atoms with Gasteiger partial charge in [-0.3, -0.25) is 0 Å². The van der Waals surface area contributed by atoms with Crippen LogP contribution >= 0.6 is 0 Å². The van der Waals surface area contributed by atoms with Crippen LogP contribution in [0.4, 0.5) is 0 Å². The predicted molar refractivity (Wildman–Crippen MR) is 76.1 cm³/mol. The minimum Gasteiger partial charge on any atom is -0.478 e. The van der Waals surface area contributed by atoms with Gasteiger partial charge in [0.15, 0.2) is 0 Å². The molecular weight excluding hydrogens is 296 g/mol. The molecule has 2 rings (SSSR count). The number of nitrogens with zero attached hydrogens (tertiary/aromatic N) is 2. The Morgan fingerprint density at radius 3 is 2.76 bits per heavy atom. The van der Waals surface area contributed by atoms with Gasteiger partial charge in [0.2, 0.25) is 0 Å². The molecule has 0 aromatic heterocycles. The highest BCUT2D eigenvalue weighted by Crippen LogP contribution is 2.28. The van der Waals surface area contributed by atoms with Crippen molar-refractivity contribution in [2.45, 2.75) is 13.1 Å². The van der Waals surface area contributed by atoms with E-state index < -0.39 is 16.2 Å². The maximum absolute atomic E-state index is 12.4. The Morgan fingerprint density at radius 1 is 1.43 bits per heavy atom. The Kier molecular flexibility index (Phi) is 4.62. The molecule has 1 aliphatic rings. The van der Waals surface area contributed by atoms with E-state index in [2.05, 4.69) is 0 Å². The van der Waals surface area contributed by atoms with Crippen molar-refractivity contribution in [1.29, 1.82) is 0 Å². The number of fused-ring (bicyclic) bond motifs is 1. The molecule has 8 heteroatoms. The van der Waals surface area contributed by atoms with Gasteiger partial charge < -0.3 is 9.84 Å². The molecule has 0 saturated heterocycles. The minimum atomic E-state index is -3.63. The number of aromatic carboxylic acids is 1. The van der Waals surface area contributed by atoms with E-state index in [-0.39, 0.29) is 25.2 Å². The number of carboxylic acids is 1. The summed E-state index contributed by atoms with van der Waals surface area (Å²) in [6, 6.07) is 4.88. The number of likely N-dealkylation sites (N-methyl/N-ethyl adjacent to an activating group) is 1. The van der Waals surface area contributed by atoms with E-state index in [0.29, 0.717) is 12.2 Å². The SMILES string of the molecule is COCCN(C)S(=O)(=O)N1Cc2cccc(C(=O)O)c2C1. The summed E-state index contributed by atoms with van der Waals surface area (Å²) in [4.78, 5) is 11.2. The minimum absolute atomic E-state index is 0.0808. The first-order valence-electron chi connectivity index (χ1n) is 6.42. The molecule has 0 saturated carbocycles. The molecule has 1 aliphatic heterocycles. The second-order valence-corrected chi connectivity index (χ2v) is 6.87. The van der Waals surface area contributed by atoms with Crippen molar-refractivity contribution in [1.82, 2.24) is 8.61 Å². The zero-order valence-electron chi connectivity index (χ0n) is 11.9. The second kappa shape index (κ2) is 6.10. The molecule has 0 amide bonds. The summed E-state index contributed by atoms with van der Waals surface area (Å²) in [6.07, 6.45) is 0. The molecule has 1 aromatic carbocycles. The van der Waals surface area contributed by atoms with Gasteiger partial charge in [0.05, 0.1) is 12.2 Å². The lowest BCUT2D eigenvalue weighted by Crippen LogP contribution is -2.40. The predicted octanol–water partition coefficient (Wildman–Crippen LogP) is 0.523. The third kappa shape index (κ3) is 3.08. The molecule has 21 heavy (non-hydrogen) atoms. The first kappa shape index (κ1) is 15.9. The zero-order chi connectivity index (χ0) is 15.6. The van der Waals surface area contributed by atoms with Gasteiger partial charge in [-0.1, -0.05) is 12.1 Å². The third-order valence-corrected chi connectivity index (χ3v) is 5.40. The number of rotatable bonds is 6. The van der Waals surface area contributed by atoms with Crippen LogP contribution in [0.1, 0.15) is 21.5 Å². The van der Waals surface area contributed by atoms with E-state index in [0.717, 1.165) is 5.56 Å². The van der Waals surface area contributed by atoms with Crippen molar-refractivity contribution in [3.8, 4) is 0 Å². The molecule has 0 unspecified atom stereocenters. The fourth-order valence-corrected chi connectivity index (χ4v) is 3.58. The van der Waals surface area contributed by atoms with Crippen LogP contribution in [-0.2, 0) is 28.0 Å². The lowest BCUT2D eigenvalue weighted by Gasteiger charge is -2.23. The van der Waals surface area contributed by atoms with E-state index in [9.17, 15) is 13.2 Å². The number of hydrogen-bond acceptors (Lipinski definition) is 4. The normalized spacial score (nSPS) is 15.4. The van der Waals surface area contributed by atoms with Gasteiger partial charge in [0.1, 0.15) is 0 Å². The number of ether oxygens (including phenoxy) is 1. The van der Waals surface area contributed by atoms with Crippen LogP contribution in [0.5, 0.6) is 0 Å². The number of carbonyl (C=O) groups is 1. The monoisotopic (exact) mass is 314 g/mol. The molecule has 0 aliphatic carbocycles. The number of methoxy groups -OCH3 is 1. The summed E-state index contributed by atoms with van der Waals surface area (Å²) < 4.78 is 32.2. The molecule has 7 nitrogen and oxygen atoms in total. The molecule has 0 atom stereocenters. The summed E-state index contributed by atoms with van der Waals surface area (Å²) >= 11 is 0. The molecule has 0 spiro atoms. The van der Waals surface area contributed by atoms with Crippen molar-refractivity contribution in [3.63, 3.8) is 0 Å². The van der Waals surface area contributed by atoms with Crippen LogP contribution in [0, 0.1) is 0 Å². The third-order valence-electron chi connectivity index (χ3n) is 3.52. The van der Waals surface area contributed by atoms with Gasteiger partial charge in [-0.05, 0) is 17.2 Å². The van der Waals surface area contributed by atoms with Crippen LogP contribution in [0.2, 0.25) is 0 Å². The first-order valence-corrected chi connectivity index (χ1v) is 7.82. The number of hydrogen-bond donors (Lipinski definition) is 1. The van der Waals surface area contributed by atoms with Gasteiger partial charge in [-0.2, -0.15) is 17.0 Å². The summed E-state index contributed by atoms with van der Waals surface area (Å²) in [5, 5.41) is 9.17. The molecule has 0 bridgehead atoms. The first-order chi connectivity index (χ1) is 9.87. The smallest absolute Gasteiger partial charge is 0.336 e. The lowest BCUT2D eigenvalue weighted by atomic mass is 10.0. The second-order valence-electron chi connectivity index (χ2n) is 4.84. The van der Waals surface area contributed by atoms with Crippen molar-refractivity contribution in [2.75, 3.05) is 27.3 Å². The van der Waals surface area contributed by atoms with E-state index in [1.54, 1.807) is 12.1 Å². The highest BCUT2D eigenvalue weighted by atomic mass is 32.2. The van der Waals surface area contributed by atoms with Crippen LogP contribution in [0.15, 0.2) is 18.2 Å². The van der Waals surface area contributed by atoms with E-state index >= 15 is 0 Å². The van der Waals surface area contributed by atoms with Crippen LogP contribution < -0.4 is 0 Å². The fourth-order valence-electron chi connectivity index (χ4n) is 2.29. The maximum Gasteiger partial charge on any atom is 0.336 e. The highest BCUT2D eigenvalue weighted by Gasteiger charge is 2.34. The Morgan fingerprint density at radius 2 is 2.14 bits per heavy atom. The van der Waals surface area contributed by atoms with E-state index in [1.807, 2.05) is 0 Å². The average Bonchev–Trinajstić information content (AvgIpc) is 2.88. The summed E-state index contributed by atoms with van der Waals surface area (Å²) in [5.74, 6) is -1.04. The van der Waals surface area contributed by atoms with Crippen LogP contribution in [-0.4, -0.2) is 55.4 Å². The summed E-state index contributed by atoms with van der Waals surface area (Å²) in [5.41, 5.74) is 1.46. The highest BCUT2D eigenvalue weighted by molar-refractivity contribution is 7.86. The molecular formula is C13H18N2O5S. The Bertz CT molecular complexity index is 644. The average molecular weight is 314 g/mol. The Labute approximate surface area is 123 Å². The van der Waals surface area contributed by atoms with Gasteiger partial charge in [-0.25, -0.2) is 4.79 Å². The van der Waals surface area contributed by atoms with Crippen LogP contribution in [0.25, 0.3) is 0 Å². The van der Waals surface area contributed by atoms with Gasteiger partial charge in [-0.15, -0.1) is 0 Å². The zero-order valence-corrected chi connectivity index (χ0v) is 12.8. The van der Waals surface area contributed by atoms with Gasteiger partial charge >= 0.3 is 5.97 Å². The molecule has 1 aromatic rings. The summed E-state index contributed by atoms with van der Waals surface area (Å²) in [6.45, 7) is 0.821.